The van der Waals surface area contributed by atoms with Gasteiger partial charge in [0, 0.05) is 6.20 Å². The molecule has 0 saturated heterocycles. The van der Waals surface area contributed by atoms with Gasteiger partial charge in [0.05, 0.1) is 5.75 Å². The second kappa shape index (κ2) is 3.23. The number of sulfone groups is 1. The summed E-state index contributed by atoms with van der Waals surface area (Å²) in [5.41, 5.74) is 0.914. The molecule has 0 unspecified atom stereocenters. The normalized spacial score (nSPS) is 11.5. The fourth-order valence-electron chi connectivity index (χ4n) is 0.826. The van der Waals surface area contributed by atoms with Crippen molar-refractivity contribution in [2.24, 2.45) is 0 Å². The average Bonchev–Trinajstić information content (AvgIpc) is 2.05. The topological polar surface area (TPSA) is 47.0 Å². The van der Waals surface area contributed by atoms with E-state index in [-0.39, 0.29) is 10.8 Å². The molecule has 0 saturated carbocycles. The Hall–Kier alpha value is -0.900. The lowest BCUT2D eigenvalue weighted by Crippen LogP contribution is -2.05. The van der Waals surface area contributed by atoms with Crippen LogP contribution in [0.25, 0.3) is 0 Å². The summed E-state index contributed by atoms with van der Waals surface area (Å²) in [6.45, 7) is 3.45. The maximum atomic E-state index is 11.3. The lowest BCUT2D eigenvalue weighted by atomic mass is 10.3. The third kappa shape index (κ3) is 1.82. The predicted octanol–water partition coefficient (Wildman–Crippen LogP) is 1.18. The fraction of sp³-hybridized carbons (Fsp3) is 0.375. The lowest BCUT2D eigenvalue weighted by molar-refractivity contribution is 0.593. The molecule has 12 heavy (non-hydrogen) atoms. The molecule has 0 aliphatic carbocycles. The summed E-state index contributed by atoms with van der Waals surface area (Å²) in [4.78, 5) is 3.79. The van der Waals surface area contributed by atoms with E-state index in [2.05, 4.69) is 4.98 Å². The van der Waals surface area contributed by atoms with Crippen molar-refractivity contribution < 1.29 is 8.42 Å². The molecule has 1 aromatic rings. The second-order valence-corrected chi connectivity index (χ2v) is 4.80. The Morgan fingerprint density at radius 2 is 2.17 bits per heavy atom. The molecule has 0 aliphatic rings. The molecular formula is C8H11NO2S. The van der Waals surface area contributed by atoms with E-state index in [0.717, 1.165) is 5.56 Å². The van der Waals surface area contributed by atoms with Crippen LogP contribution in [0, 0.1) is 6.92 Å². The van der Waals surface area contributed by atoms with E-state index in [1.165, 1.54) is 6.20 Å². The SMILES string of the molecule is CCS(=O)(=O)c1cc(C)ccn1. The van der Waals surface area contributed by atoms with Crippen LogP contribution in [0.4, 0.5) is 0 Å². The van der Waals surface area contributed by atoms with E-state index in [0.29, 0.717) is 0 Å². The van der Waals surface area contributed by atoms with E-state index >= 15 is 0 Å². The minimum atomic E-state index is -3.13. The molecule has 0 fully saturated rings. The molecule has 1 rings (SSSR count). The summed E-state index contributed by atoms with van der Waals surface area (Å²) in [6.07, 6.45) is 1.51. The van der Waals surface area contributed by atoms with Gasteiger partial charge < -0.3 is 0 Å². The van der Waals surface area contributed by atoms with Crippen LogP contribution < -0.4 is 0 Å². The number of pyridine rings is 1. The van der Waals surface area contributed by atoms with Gasteiger partial charge >= 0.3 is 0 Å². The summed E-state index contributed by atoms with van der Waals surface area (Å²) in [5, 5.41) is 0.171. The minimum absolute atomic E-state index is 0.101. The van der Waals surface area contributed by atoms with Gasteiger partial charge in [-0.2, -0.15) is 0 Å². The van der Waals surface area contributed by atoms with Gasteiger partial charge in [-0.15, -0.1) is 0 Å². The summed E-state index contributed by atoms with van der Waals surface area (Å²) >= 11 is 0. The highest BCUT2D eigenvalue weighted by atomic mass is 32.2. The molecule has 0 atom stereocenters. The number of hydrogen-bond acceptors (Lipinski definition) is 3. The van der Waals surface area contributed by atoms with Gasteiger partial charge in [-0.1, -0.05) is 6.92 Å². The molecule has 0 aromatic carbocycles. The molecule has 0 radical (unpaired) electrons. The van der Waals surface area contributed by atoms with E-state index < -0.39 is 9.84 Å². The van der Waals surface area contributed by atoms with Gasteiger partial charge in [0.25, 0.3) is 0 Å². The fourth-order valence-corrected chi connectivity index (χ4v) is 1.71. The Balaban J connectivity index is 3.21. The zero-order chi connectivity index (χ0) is 9.19. The third-order valence-corrected chi connectivity index (χ3v) is 3.21. The van der Waals surface area contributed by atoms with Crippen molar-refractivity contribution in [3.63, 3.8) is 0 Å². The zero-order valence-corrected chi connectivity index (χ0v) is 7.93. The van der Waals surface area contributed by atoms with Crippen LogP contribution in [0.5, 0.6) is 0 Å². The third-order valence-electron chi connectivity index (χ3n) is 1.59. The van der Waals surface area contributed by atoms with Gasteiger partial charge in [-0.05, 0) is 24.6 Å². The van der Waals surface area contributed by atoms with E-state index in [1.54, 1.807) is 19.1 Å². The highest BCUT2D eigenvalue weighted by Crippen LogP contribution is 2.08. The zero-order valence-electron chi connectivity index (χ0n) is 7.11. The van der Waals surface area contributed by atoms with Crippen LogP contribution in [-0.2, 0) is 9.84 Å². The molecule has 1 heterocycles. The number of hydrogen-bond donors (Lipinski definition) is 0. The Morgan fingerprint density at radius 3 is 2.67 bits per heavy atom. The van der Waals surface area contributed by atoms with E-state index in [1.807, 2.05) is 6.92 Å². The largest absolute Gasteiger partial charge is 0.245 e. The number of nitrogens with zero attached hydrogens (tertiary/aromatic N) is 1. The lowest BCUT2D eigenvalue weighted by Gasteiger charge is -1.99. The maximum Gasteiger partial charge on any atom is 0.195 e. The summed E-state index contributed by atoms with van der Waals surface area (Å²) in [7, 11) is -3.13. The molecule has 1 aromatic heterocycles. The summed E-state index contributed by atoms with van der Waals surface area (Å²) < 4.78 is 22.6. The maximum absolute atomic E-state index is 11.3. The second-order valence-electron chi connectivity index (χ2n) is 2.57. The van der Waals surface area contributed by atoms with Gasteiger partial charge in [0.1, 0.15) is 0 Å². The van der Waals surface area contributed by atoms with Crippen molar-refractivity contribution >= 4 is 9.84 Å². The van der Waals surface area contributed by atoms with Crippen LogP contribution >= 0.6 is 0 Å². The van der Waals surface area contributed by atoms with Crippen molar-refractivity contribution in [2.45, 2.75) is 18.9 Å². The first-order chi connectivity index (χ1) is 5.56. The van der Waals surface area contributed by atoms with Gasteiger partial charge in [0.15, 0.2) is 14.9 Å². The molecule has 66 valence electrons. The van der Waals surface area contributed by atoms with Crippen molar-refractivity contribution in [2.75, 3.05) is 5.75 Å². The molecular weight excluding hydrogens is 174 g/mol. The van der Waals surface area contributed by atoms with Crippen LogP contribution in [0.3, 0.4) is 0 Å². The van der Waals surface area contributed by atoms with E-state index in [4.69, 9.17) is 0 Å². The standard InChI is InChI=1S/C8H11NO2S/c1-3-12(10,11)8-6-7(2)4-5-9-8/h4-6H,3H2,1-2H3. The van der Waals surface area contributed by atoms with Gasteiger partial charge in [-0.25, -0.2) is 13.4 Å². The molecule has 0 amide bonds. The first-order valence-corrected chi connectivity index (χ1v) is 5.37. The van der Waals surface area contributed by atoms with Crippen molar-refractivity contribution in [1.29, 1.82) is 0 Å². The predicted molar refractivity (Wildman–Crippen MR) is 46.7 cm³/mol. The molecule has 0 bridgehead atoms. The van der Waals surface area contributed by atoms with Gasteiger partial charge in [0.2, 0.25) is 0 Å². The Morgan fingerprint density at radius 1 is 1.50 bits per heavy atom. The van der Waals surface area contributed by atoms with Crippen molar-refractivity contribution in [3.05, 3.63) is 23.9 Å². The monoisotopic (exact) mass is 185 g/mol. The Kier molecular flexibility index (Phi) is 2.47. The first-order valence-electron chi connectivity index (χ1n) is 3.71. The number of rotatable bonds is 2. The molecule has 3 nitrogen and oxygen atoms in total. The van der Waals surface area contributed by atoms with Crippen LogP contribution in [0.15, 0.2) is 23.4 Å². The highest BCUT2D eigenvalue weighted by molar-refractivity contribution is 7.91. The van der Waals surface area contributed by atoms with Crippen LogP contribution in [-0.4, -0.2) is 19.2 Å². The Bertz CT molecular complexity index is 370. The highest BCUT2D eigenvalue weighted by Gasteiger charge is 2.11. The summed E-state index contributed by atoms with van der Waals surface area (Å²) in [6, 6.07) is 3.35. The molecule has 0 N–H and O–H groups in total. The molecule has 4 heteroatoms. The van der Waals surface area contributed by atoms with Crippen molar-refractivity contribution in [1.82, 2.24) is 4.98 Å². The van der Waals surface area contributed by atoms with Crippen LogP contribution in [0.1, 0.15) is 12.5 Å². The van der Waals surface area contributed by atoms with Gasteiger partial charge in [-0.3, -0.25) is 0 Å². The summed E-state index contributed by atoms with van der Waals surface area (Å²) in [5.74, 6) is 0.101. The number of aryl methyl sites for hydroxylation is 1. The van der Waals surface area contributed by atoms with Crippen LogP contribution in [0.2, 0.25) is 0 Å². The quantitative estimate of drug-likeness (QED) is 0.695. The first kappa shape index (κ1) is 9.19. The number of aromatic nitrogens is 1. The minimum Gasteiger partial charge on any atom is -0.245 e. The smallest absolute Gasteiger partial charge is 0.195 e. The molecule has 0 spiro atoms. The van der Waals surface area contributed by atoms with E-state index in [9.17, 15) is 8.42 Å². The Labute approximate surface area is 72.4 Å². The molecule has 0 aliphatic heterocycles. The van der Waals surface area contributed by atoms with Crippen molar-refractivity contribution in [3.8, 4) is 0 Å². The average molecular weight is 185 g/mol.